The molecule has 13 aromatic rings. The zero-order valence-electron chi connectivity index (χ0n) is 47.4. The number of fused-ring (bicyclic) bond motifs is 8. The van der Waals surface area contributed by atoms with Gasteiger partial charge in [-0.2, -0.15) is 0 Å². The highest BCUT2D eigenvalue weighted by Gasteiger charge is 2.49. The molecular formula is C81H58BN3. The van der Waals surface area contributed by atoms with E-state index < -0.39 is 0 Å². The van der Waals surface area contributed by atoms with Crippen LogP contribution in [0.3, 0.4) is 0 Å². The van der Waals surface area contributed by atoms with Gasteiger partial charge in [0.2, 0.25) is 0 Å². The molecule has 1 aliphatic carbocycles. The Hall–Kier alpha value is -10.7. The first-order valence-corrected chi connectivity index (χ1v) is 29.6. The molecule has 4 heteroatoms. The number of hydrogen-bond donors (Lipinski definition) is 0. The lowest BCUT2D eigenvalue weighted by Crippen LogP contribution is -2.61. The number of hydrogen-bond acceptors (Lipinski definition) is 3. The summed E-state index contributed by atoms with van der Waals surface area (Å²) in [6.45, 7) is 4.62. The molecule has 0 unspecified atom stereocenters. The summed E-state index contributed by atoms with van der Waals surface area (Å²) < 4.78 is 0. The van der Waals surface area contributed by atoms with E-state index >= 15 is 0 Å². The van der Waals surface area contributed by atoms with E-state index in [4.69, 9.17) is 0 Å². The van der Waals surface area contributed by atoms with E-state index in [9.17, 15) is 0 Å². The third-order valence-electron chi connectivity index (χ3n) is 18.0. The van der Waals surface area contributed by atoms with Crippen LogP contribution in [0.5, 0.6) is 0 Å². The second-order valence-corrected chi connectivity index (χ2v) is 23.2. The van der Waals surface area contributed by atoms with Crippen molar-refractivity contribution in [1.82, 2.24) is 0 Å². The molecule has 3 nitrogen and oxygen atoms in total. The van der Waals surface area contributed by atoms with Gasteiger partial charge in [-0.05, 0) is 173 Å². The normalized spacial score (nSPS) is 13.1. The van der Waals surface area contributed by atoms with Crippen molar-refractivity contribution >= 4 is 63.3 Å². The van der Waals surface area contributed by atoms with Crippen LogP contribution in [0.1, 0.15) is 25.0 Å². The Bertz CT molecular complexity index is 4580. The molecule has 0 bridgehead atoms. The monoisotopic (exact) mass is 1080 g/mol. The van der Waals surface area contributed by atoms with Crippen molar-refractivity contribution in [2.45, 2.75) is 19.3 Å². The van der Waals surface area contributed by atoms with Gasteiger partial charge in [0, 0.05) is 56.5 Å². The fraction of sp³-hybridized carbons (Fsp3) is 0.0370. The van der Waals surface area contributed by atoms with E-state index in [1.807, 2.05) is 0 Å². The predicted molar refractivity (Wildman–Crippen MR) is 360 cm³/mol. The van der Waals surface area contributed by atoms with Crippen molar-refractivity contribution in [2.75, 3.05) is 14.6 Å². The van der Waals surface area contributed by atoms with Gasteiger partial charge in [0.05, 0.1) is 0 Å². The Labute approximate surface area is 498 Å². The molecule has 0 amide bonds. The van der Waals surface area contributed by atoms with E-state index in [-0.39, 0.29) is 12.3 Å². The molecule has 0 N–H and O–H groups in total. The first-order valence-electron chi connectivity index (χ1n) is 29.6. The van der Waals surface area contributed by atoms with Gasteiger partial charge in [0.15, 0.2) is 0 Å². The minimum Gasteiger partial charge on any atom is -0.376 e. The Morgan fingerprint density at radius 1 is 0.294 bits per heavy atom. The van der Waals surface area contributed by atoms with Gasteiger partial charge in [0.25, 0.3) is 0 Å². The SMILES string of the molecule is CC1(C)c2ccccc2-c2c1cc1c3c2-c2cc(-c4ccccc4)ccc2N(c2cccc(-c4ccccc4)c2)B3c2ccc(N(c3ccc(-c4ccccc4)cc3)c3ccc(-c4ccccc4)cc3)cc2N1c1cccc(-c2ccccc2)c1. The largest absolute Gasteiger partial charge is 0.376 e. The van der Waals surface area contributed by atoms with Crippen LogP contribution < -0.4 is 25.5 Å². The minimum absolute atomic E-state index is 0.242. The number of rotatable bonds is 10. The van der Waals surface area contributed by atoms with Crippen molar-refractivity contribution in [3.05, 3.63) is 327 Å². The third-order valence-corrected chi connectivity index (χ3v) is 18.0. The quantitative estimate of drug-likeness (QED) is 0.126. The second-order valence-electron chi connectivity index (χ2n) is 23.2. The third kappa shape index (κ3) is 8.43. The zero-order valence-corrected chi connectivity index (χ0v) is 47.4. The summed E-state index contributed by atoms with van der Waals surface area (Å²) in [5, 5.41) is 0. The van der Waals surface area contributed by atoms with Crippen LogP contribution in [-0.4, -0.2) is 6.85 Å². The van der Waals surface area contributed by atoms with Crippen molar-refractivity contribution < 1.29 is 0 Å². The Balaban J connectivity index is 0.995. The molecule has 0 saturated heterocycles. The van der Waals surface area contributed by atoms with Gasteiger partial charge in [-0.3, -0.25) is 0 Å². The van der Waals surface area contributed by atoms with E-state index in [0.29, 0.717) is 0 Å². The van der Waals surface area contributed by atoms with E-state index in [1.54, 1.807) is 0 Å². The smallest absolute Gasteiger partial charge is 0.333 e. The number of nitrogens with zero attached hydrogens (tertiary/aromatic N) is 3. The van der Waals surface area contributed by atoms with Gasteiger partial charge in [-0.1, -0.05) is 250 Å². The zero-order chi connectivity index (χ0) is 56.6. The predicted octanol–water partition coefficient (Wildman–Crippen LogP) is 20.5. The summed E-state index contributed by atoms with van der Waals surface area (Å²) in [6.07, 6.45) is 0. The summed E-state index contributed by atoms with van der Waals surface area (Å²) in [7, 11) is 0. The standard InChI is InChI=1S/C81H58BN3/c1-81(2)72-37-19-18-36-70(72)78-73(81)54-77-80-79(78)71-52-64(59-30-16-7-17-31-59)42-49-75(71)85(69-35-21-33-63(51-69)58-28-14-6-15-29-58)82(80)74-48-47-68(53-76(74)84(77)67-34-20-32-62(50-67)57-26-12-5-13-27-57)83(65-43-38-60(39-44-65)55-22-8-3-9-23-55)66-45-40-61(41-46-66)56-24-10-4-11-25-56/h3-54H,1-2H3. The van der Waals surface area contributed by atoms with Crippen molar-refractivity contribution in [3.63, 3.8) is 0 Å². The molecule has 0 radical (unpaired) electrons. The van der Waals surface area contributed by atoms with E-state index in [0.717, 1.165) is 39.7 Å². The van der Waals surface area contributed by atoms with Crippen LogP contribution in [0.2, 0.25) is 0 Å². The first kappa shape index (κ1) is 50.1. The summed E-state index contributed by atoms with van der Waals surface area (Å²) in [6, 6.07) is 117. The van der Waals surface area contributed by atoms with Crippen LogP contribution in [0, 0.1) is 0 Å². The van der Waals surface area contributed by atoms with Crippen LogP contribution in [0.4, 0.5) is 45.5 Å². The topological polar surface area (TPSA) is 9.72 Å². The lowest BCUT2D eigenvalue weighted by Gasteiger charge is -2.47. The maximum absolute atomic E-state index is 2.67. The molecule has 0 aromatic heterocycles. The molecule has 400 valence electrons. The molecule has 2 heterocycles. The number of benzene rings is 13. The number of anilines is 8. The van der Waals surface area contributed by atoms with Crippen molar-refractivity contribution in [3.8, 4) is 77.9 Å². The highest BCUT2D eigenvalue weighted by atomic mass is 15.2. The average Bonchev–Trinajstić information content (AvgIpc) is 1.77. The maximum atomic E-state index is 2.67. The molecule has 13 aromatic carbocycles. The van der Waals surface area contributed by atoms with Gasteiger partial charge in [0.1, 0.15) is 0 Å². The molecule has 0 spiro atoms. The minimum atomic E-state index is -0.306. The molecular weight excluding hydrogens is 1030 g/mol. The van der Waals surface area contributed by atoms with Crippen LogP contribution in [0.15, 0.2) is 315 Å². The van der Waals surface area contributed by atoms with Crippen LogP contribution >= 0.6 is 0 Å². The summed E-state index contributed by atoms with van der Waals surface area (Å²) in [4.78, 5) is 7.72. The molecule has 0 atom stereocenters. The molecule has 0 saturated carbocycles. The fourth-order valence-electron chi connectivity index (χ4n) is 13.9. The van der Waals surface area contributed by atoms with Crippen molar-refractivity contribution in [2.24, 2.45) is 0 Å². The first-order chi connectivity index (χ1) is 41.9. The highest BCUT2D eigenvalue weighted by Crippen LogP contribution is 2.58. The lowest BCUT2D eigenvalue weighted by molar-refractivity contribution is 0.660. The Kier molecular flexibility index (Phi) is 12.0. The van der Waals surface area contributed by atoms with Gasteiger partial charge < -0.3 is 14.6 Å². The molecule has 3 aliphatic rings. The Morgan fingerprint density at radius 2 is 0.729 bits per heavy atom. The molecule has 16 rings (SSSR count). The second kappa shape index (κ2) is 20.3. The molecule has 85 heavy (non-hydrogen) atoms. The highest BCUT2D eigenvalue weighted by molar-refractivity contribution is 6.93. The van der Waals surface area contributed by atoms with Gasteiger partial charge in [-0.25, -0.2) is 0 Å². The van der Waals surface area contributed by atoms with Gasteiger partial charge in [-0.15, -0.1) is 0 Å². The van der Waals surface area contributed by atoms with Crippen LogP contribution in [-0.2, 0) is 5.41 Å². The van der Waals surface area contributed by atoms with E-state index in [2.05, 4.69) is 344 Å². The molecule has 0 fully saturated rings. The average molecular weight is 1080 g/mol. The van der Waals surface area contributed by atoms with Crippen molar-refractivity contribution in [1.29, 1.82) is 0 Å². The van der Waals surface area contributed by atoms with E-state index in [1.165, 1.54) is 106 Å². The molecule has 2 aliphatic heterocycles. The summed E-state index contributed by atoms with van der Waals surface area (Å²) in [5.74, 6) is 0. The van der Waals surface area contributed by atoms with Gasteiger partial charge >= 0.3 is 6.85 Å². The maximum Gasteiger partial charge on any atom is 0.333 e. The summed E-state index contributed by atoms with van der Waals surface area (Å²) in [5.41, 5.74) is 30.8. The fourth-order valence-corrected chi connectivity index (χ4v) is 13.9. The van der Waals surface area contributed by atoms with Crippen LogP contribution in [0.25, 0.3) is 77.9 Å². The lowest BCUT2D eigenvalue weighted by atomic mass is 9.43. The Morgan fingerprint density at radius 3 is 1.28 bits per heavy atom. The summed E-state index contributed by atoms with van der Waals surface area (Å²) >= 11 is 0.